The zero-order chi connectivity index (χ0) is 20.5. The van der Waals surface area contributed by atoms with E-state index in [0.29, 0.717) is 51.5 Å². The van der Waals surface area contributed by atoms with Crippen molar-refractivity contribution >= 4 is 11.9 Å². The van der Waals surface area contributed by atoms with Crippen molar-refractivity contribution in [2.24, 2.45) is 10.9 Å². The molecule has 0 spiro atoms. The summed E-state index contributed by atoms with van der Waals surface area (Å²) < 4.78 is 5.33. The molecule has 0 radical (unpaired) electrons. The van der Waals surface area contributed by atoms with Gasteiger partial charge in [-0.05, 0) is 18.9 Å². The largest absolute Gasteiger partial charge is 0.388 e. The Morgan fingerprint density at radius 2 is 2.03 bits per heavy atom. The molecular formula is C22H34N4O3. The normalized spacial score (nSPS) is 22.0. The molecule has 7 heteroatoms. The second-order valence-corrected chi connectivity index (χ2v) is 8.06. The van der Waals surface area contributed by atoms with Gasteiger partial charge in [-0.2, -0.15) is 0 Å². The number of aliphatic hydroxyl groups is 1. The monoisotopic (exact) mass is 402 g/mol. The molecule has 1 atom stereocenters. The minimum atomic E-state index is -0.780. The van der Waals surface area contributed by atoms with Gasteiger partial charge in [0.1, 0.15) is 0 Å². The molecule has 29 heavy (non-hydrogen) atoms. The maximum absolute atomic E-state index is 12.4. The average Bonchev–Trinajstić information content (AvgIpc) is 3.09. The highest BCUT2D eigenvalue weighted by molar-refractivity contribution is 5.81. The minimum Gasteiger partial charge on any atom is -0.388 e. The van der Waals surface area contributed by atoms with Crippen LogP contribution in [0.15, 0.2) is 35.3 Å². The Labute approximate surface area is 173 Å². The van der Waals surface area contributed by atoms with Crippen LogP contribution in [0.2, 0.25) is 0 Å². The molecule has 0 aliphatic carbocycles. The van der Waals surface area contributed by atoms with E-state index < -0.39 is 5.60 Å². The molecule has 1 unspecified atom stereocenters. The summed E-state index contributed by atoms with van der Waals surface area (Å²) in [5, 5.41) is 17.2. The maximum Gasteiger partial charge on any atom is 0.223 e. The fourth-order valence-electron chi connectivity index (χ4n) is 3.83. The minimum absolute atomic E-state index is 0.228. The number of amides is 1. The number of carbonyl (C=O) groups is 1. The zero-order valence-electron chi connectivity index (χ0n) is 17.4. The molecule has 160 valence electrons. The van der Waals surface area contributed by atoms with Gasteiger partial charge in [0.2, 0.25) is 5.91 Å². The number of guanidine groups is 1. The summed E-state index contributed by atoms with van der Waals surface area (Å²) in [7, 11) is 0. The van der Waals surface area contributed by atoms with Gasteiger partial charge in [0.15, 0.2) is 5.96 Å². The Hall–Kier alpha value is -2.12. The number of ether oxygens (including phenoxy) is 1. The third kappa shape index (κ3) is 6.72. The first-order chi connectivity index (χ1) is 14.1. The first-order valence-electron chi connectivity index (χ1n) is 10.7. The number of nitrogens with zero attached hydrogens (tertiary/aromatic N) is 2. The summed E-state index contributed by atoms with van der Waals surface area (Å²) in [4.78, 5) is 18.9. The van der Waals surface area contributed by atoms with E-state index in [4.69, 9.17) is 4.74 Å². The fraction of sp³-hybridized carbons (Fsp3) is 0.636. The number of rotatable bonds is 8. The van der Waals surface area contributed by atoms with Gasteiger partial charge >= 0.3 is 0 Å². The Morgan fingerprint density at radius 3 is 2.76 bits per heavy atom. The van der Waals surface area contributed by atoms with Crippen LogP contribution in [0.5, 0.6) is 0 Å². The molecule has 1 amide bonds. The van der Waals surface area contributed by atoms with Crippen LogP contribution in [0, 0.1) is 5.92 Å². The van der Waals surface area contributed by atoms with E-state index in [2.05, 4.69) is 27.8 Å². The van der Waals surface area contributed by atoms with E-state index in [1.807, 2.05) is 30.0 Å². The first kappa shape index (κ1) is 21.6. The van der Waals surface area contributed by atoms with E-state index in [1.165, 1.54) is 5.56 Å². The van der Waals surface area contributed by atoms with Gasteiger partial charge < -0.3 is 25.4 Å². The molecule has 3 N–H and O–H groups in total. The third-order valence-electron chi connectivity index (χ3n) is 5.67. The number of hydrogen-bond acceptors (Lipinski definition) is 4. The number of benzene rings is 1. The highest BCUT2D eigenvalue weighted by Gasteiger charge is 2.31. The van der Waals surface area contributed by atoms with Gasteiger partial charge in [0, 0.05) is 64.6 Å². The molecular weight excluding hydrogens is 368 g/mol. The SMILES string of the molecule is CCNC(=NCC1(O)CCOCC1)NCC1CC(=O)N(CCc2ccccc2)C1. The first-order valence-corrected chi connectivity index (χ1v) is 10.7. The number of carbonyl (C=O) groups excluding carboxylic acids is 1. The molecule has 7 nitrogen and oxygen atoms in total. The summed E-state index contributed by atoms with van der Waals surface area (Å²) >= 11 is 0. The van der Waals surface area contributed by atoms with Crippen molar-refractivity contribution in [3.63, 3.8) is 0 Å². The lowest BCUT2D eigenvalue weighted by Crippen LogP contribution is -2.43. The molecule has 3 rings (SSSR count). The van der Waals surface area contributed by atoms with Crippen LogP contribution < -0.4 is 10.6 Å². The third-order valence-corrected chi connectivity index (χ3v) is 5.67. The van der Waals surface area contributed by atoms with E-state index >= 15 is 0 Å². The van der Waals surface area contributed by atoms with Gasteiger partial charge in [-0.15, -0.1) is 0 Å². The van der Waals surface area contributed by atoms with Gasteiger partial charge in [-0.25, -0.2) is 0 Å². The highest BCUT2D eigenvalue weighted by Crippen LogP contribution is 2.21. The van der Waals surface area contributed by atoms with Crippen LogP contribution in [0.25, 0.3) is 0 Å². The van der Waals surface area contributed by atoms with Crippen molar-refractivity contribution in [1.29, 1.82) is 0 Å². The van der Waals surface area contributed by atoms with Crippen LogP contribution in [0.1, 0.15) is 31.7 Å². The Bertz CT molecular complexity index is 674. The fourth-order valence-corrected chi connectivity index (χ4v) is 3.83. The van der Waals surface area contributed by atoms with Gasteiger partial charge in [0.25, 0.3) is 0 Å². The zero-order valence-corrected chi connectivity index (χ0v) is 17.4. The number of hydrogen-bond donors (Lipinski definition) is 3. The van der Waals surface area contributed by atoms with Gasteiger partial charge in [-0.3, -0.25) is 9.79 Å². The number of likely N-dealkylation sites (tertiary alicyclic amines) is 1. The van der Waals surface area contributed by atoms with Crippen molar-refractivity contribution in [1.82, 2.24) is 15.5 Å². The average molecular weight is 403 g/mol. The Balaban J connectivity index is 1.45. The Kier molecular flexibility index (Phi) is 7.89. The molecule has 2 fully saturated rings. The lowest BCUT2D eigenvalue weighted by molar-refractivity contribution is -0.127. The summed E-state index contributed by atoms with van der Waals surface area (Å²) in [6.45, 7) is 6.53. The topological polar surface area (TPSA) is 86.2 Å². The predicted molar refractivity (Wildman–Crippen MR) is 114 cm³/mol. The van der Waals surface area contributed by atoms with Crippen LogP contribution >= 0.6 is 0 Å². The summed E-state index contributed by atoms with van der Waals surface area (Å²) in [6.07, 6.45) is 2.69. The molecule has 2 saturated heterocycles. The van der Waals surface area contributed by atoms with Gasteiger partial charge in [0.05, 0.1) is 12.1 Å². The lowest BCUT2D eigenvalue weighted by Gasteiger charge is -2.30. The Morgan fingerprint density at radius 1 is 1.28 bits per heavy atom. The molecule has 1 aromatic carbocycles. The summed E-state index contributed by atoms with van der Waals surface area (Å²) in [6, 6.07) is 10.3. The van der Waals surface area contributed by atoms with Crippen LogP contribution in [0.3, 0.4) is 0 Å². The standard InChI is InChI=1S/C22H34N4O3/c1-2-23-21(25-17-22(28)9-12-29-13-10-22)24-15-19-14-20(27)26(16-19)11-8-18-6-4-3-5-7-18/h3-7,19,28H,2,8-17H2,1H3,(H2,23,24,25). The summed E-state index contributed by atoms with van der Waals surface area (Å²) in [5.74, 6) is 1.20. The van der Waals surface area contributed by atoms with E-state index in [-0.39, 0.29) is 11.8 Å². The molecule has 2 aliphatic rings. The van der Waals surface area contributed by atoms with E-state index in [9.17, 15) is 9.90 Å². The van der Waals surface area contributed by atoms with Crippen LogP contribution in [0.4, 0.5) is 0 Å². The van der Waals surface area contributed by atoms with Crippen molar-refractivity contribution in [3.05, 3.63) is 35.9 Å². The predicted octanol–water partition coefficient (Wildman–Crippen LogP) is 1.17. The van der Waals surface area contributed by atoms with Crippen molar-refractivity contribution in [2.75, 3.05) is 45.9 Å². The maximum atomic E-state index is 12.4. The van der Waals surface area contributed by atoms with Crippen LogP contribution in [-0.4, -0.2) is 73.4 Å². The molecule has 0 bridgehead atoms. The quantitative estimate of drug-likeness (QED) is 0.449. The highest BCUT2D eigenvalue weighted by atomic mass is 16.5. The second kappa shape index (κ2) is 10.6. The van der Waals surface area contributed by atoms with Crippen molar-refractivity contribution in [2.45, 2.75) is 38.2 Å². The van der Waals surface area contributed by atoms with Crippen LogP contribution in [-0.2, 0) is 16.0 Å². The number of aliphatic imine (C=N–C) groups is 1. The molecule has 0 saturated carbocycles. The van der Waals surface area contributed by atoms with Gasteiger partial charge in [-0.1, -0.05) is 30.3 Å². The molecule has 2 aliphatic heterocycles. The van der Waals surface area contributed by atoms with E-state index in [0.717, 1.165) is 26.1 Å². The molecule has 1 aromatic rings. The smallest absolute Gasteiger partial charge is 0.223 e. The second-order valence-electron chi connectivity index (χ2n) is 8.06. The van der Waals surface area contributed by atoms with Crippen molar-refractivity contribution < 1.29 is 14.6 Å². The lowest BCUT2D eigenvalue weighted by atomic mass is 9.95. The molecule has 2 heterocycles. The van der Waals surface area contributed by atoms with E-state index in [1.54, 1.807) is 0 Å². The van der Waals surface area contributed by atoms with Crippen molar-refractivity contribution in [3.8, 4) is 0 Å². The number of nitrogens with one attached hydrogen (secondary N) is 2. The molecule has 0 aromatic heterocycles. The summed E-state index contributed by atoms with van der Waals surface area (Å²) in [5.41, 5.74) is 0.479.